The van der Waals surface area contributed by atoms with Crippen molar-refractivity contribution in [2.24, 2.45) is 0 Å². The van der Waals surface area contributed by atoms with Crippen molar-refractivity contribution >= 4 is 11.8 Å². The number of hydrogen-bond donors (Lipinski definition) is 1. The third kappa shape index (κ3) is 5.24. The number of para-hydroxylation sites is 2. The fourth-order valence-electron chi connectivity index (χ4n) is 2.32. The van der Waals surface area contributed by atoms with Gasteiger partial charge in [-0.05, 0) is 36.6 Å². The van der Waals surface area contributed by atoms with E-state index in [0.29, 0.717) is 5.75 Å². The topological polar surface area (TPSA) is 38.3 Å². The molecular formula is C19H23NO2. The van der Waals surface area contributed by atoms with Crippen LogP contribution in [-0.4, -0.2) is 6.09 Å². The van der Waals surface area contributed by atoms with Gasteiger partial charge in [0.05, 0.1) is 0 Å². The first-order chi connectivity index (χ1) is 10.8. The lowest BCUT2D eigenvalue weighted by Crippen LogP contribution is -2.17. The summed E-state index contributed by atoms with van der Waals surface area (Å²) in [5.41, 5.74) is 1.81. The summed E-state index contributed by atoms with van der Waals surface area (Å²) in [6.07, 6.45) is 5.28. The molecule has 116 valence electrons. The summed E-state index contributed by atoms with van der Waals surface area (Å²) >= 11 is 0. The third-order valence-corrected chi connectivity index (χ3v) is 3.50. The molecule has 0 atom stereocenters. The Bertz CT molecular complexity index is 581. The largest absolute Gasteiger partial charge is 0.417 e. The van der Waals surface area contributed by atoms with Crippen molar-refractivity contribution in [1.82, 2.24) is 0 Å². The molecule has 2 rings (SSSR count). The molecule has 3 nitrogen and oxygen atoms in total. The van der Waals surface area contributed by atoms with Crippen LogP contribution >= 0.6 is 0 Å². The molecule has 1 amide bonds. The molecule has 0 unspecified atom stereocenters. The van der Waals surface area contributed by atoms with Crippen molar-refractivity contribution in [2.45, 2.75) is 39.0 Å². The van der Waals surface area contributed by atoms with E-state index in [1.54, 1.807) is 0 Å². The fourth-order valence-corrected chi connectivity index (χ4v) is 2.32. The lowest BCUT2D eigenvalue weighted by molar-refractivity contribution is 0.214. The maximum Gasteiger partial charge on any atom is 0.417 e. The zero-order valence-corrected chi connectivity index (χ0v) is 13.0. The number of hydrogen-bond acceptors (Lipinski definition) is 2. The average molecular weight is 297 g/mol. The number of aryl methyl sites for hydroxylation is 1. The van der Waals surface area contributed by atoms with Gasteiger partial charge in [-0.25, -0.2) is 4.79 Å². The van der Waals surface area contributed by atoms with E-state index in [4.69, 9.17) is 4.74 Å². The van der Waals surface area contributed by atoms with Crippen LogP contribution in [0.1, 0.15) is 38.2 Å². The van der Waals surface area contributed by atoms with Crippen LogP contribution in [0.15, 0.2) is 54.6 Å². The molecule has 2 aromatic carbocycles. The van der Waals surface area contributed by atoms with E-state index >= 15 is 0 Å². The molecule has 0 saturated carbocycles. The molecule has 0 fully saturated rings. The molecule has 1 N–H and O–H groups in total. The maximum atomic E-state index is 12.0. The van der Waals surface area contributed by atoms with Crippen molar-refractivity contribution in [3.63, 3.8) is 0 Å². The van der Waals surface area contributed by atoms with Crippen LogP contribution in [0.5, 0.6) is 5.75 Å². The minimum absolute atomic E-state index is 0.452. The van der Waals surface area contributed by atoms with Crippen LogP contribution < -0.4 is 10.1 Å². The number of unbranched alkanes of at least 4 members (excludes halogenated alkanes) is 3. The minimum atomic E-state index is -0.452. The quantitative estimate of drug-likeness (QED) is 0.693. The highest BCUT2D eigenvalue weighted by Crippen LogP contribution is 2.21. The predicted octanol–water partition coefficient (Wildman–Crippen LogP) is 5.42. The van der Waals surface area contributed by atoms with Crippen molar-refractivity contribution < 1.29 is 9.53 Å². The van der Waals surface area contributed by atoms with Gasteiger partial charge in [-0.1, -0.05) is 62.6 Å². The van der Waals surface area contributed by atoms with Crippen LogP contribution in [-0.2, 0) is 6.42 Å². The molecule has 0 aliphatic heterocycles. The second kappa shape index (κ2) is 8.88. The Morgan fingerprint density at radius 2 is 1.68 bits per heavy atom. The van der Waals surface area contributed by atoms with E-state index < -0.39 is 6.09 Å². The van der Waals surface area contributed by atoms with Gasteiger partial charge in [0.25, 0.3) is 0 Å². The number of anilines is 1. The zero-order valence-electron chi connectivity index (χ0n) is 13.0. The first kappa shape index (κ1) is 16.1. The van der Waals surface area contributed by atoms with Gasteiger partial charge in [0.2, 0.25) is 0 Å². The monoisotopic (exact) mass is 297 g/mol. The number of carbonyl (C=O) groups excluding carboxylic acids is 1. The van der Waals surface area contributed by atoms with E-state index in [9.17, 15) is 4.79 Å². The Morgan fingerprint density at radius 1 is 0.955 bits per heavy atom. The van der Waals surface area contributed by atoms with Gasteiger partial charge in [0.15, 0.2) is 0 Å². The van der Waals surface area contributed by atoms with Crippen molar-refractivity contribution in [2.75, 3.05) is 5.32 Å². The fraction of sp³-hybridized carbons (Fsp3) is 0.316. The summed E-state index contributed by atoms with van der Waals surface area (Å²) in [4.78, 5) is 12.0. The van der Waals surface area contributed by atoms with E-state index in [0.717, 1.165) is 24.1 Å². The van der Waals surface area contributed by atoms with Crippen LogP contribution in [0.4, 0.5) is 10.5 Å². The number of benzene rings is 2. The van der Waals surface area contributed by atoms with Crippen LogP contribution in [0, 0.1) is 0 Å². The van der Waals surface area contributed by atoms with Crippen molar-refractivity contribution in [3.8, 4) is 5.75 Å². The normalized spacial score (nSPS) is 10.2. The number of rotatable bonds is 7. The predicted molar refractivity (Wildman–Crippen MR) is 90.4 cm³/mol. The molecular weight excluding hydrogens is 274 g/mol. The summed E-state index contributed by atoms with van der Waals surface area (Å²) in [7, 11) is 0. The molecule has 0 aromatic heterocycles. The van der Waals surface area contributed by atoms with E-state index in [1.807, 2.05) is 54.6 Å². The van der Waals surface area contributed by atoms with Gasteiger partial charge in [-0.2, -0.15) is 0 Å². The number of nitrogens with one attached hydrogen (secondary N) is 1. The second-order valence-corrected chi connectivity index (χ2v) is 5.30. The van der Waals surface area contributed by atoms with E-state index in [1.165, 1.54) is 19.3 Å². The first-order valence-corrected chi connectivity index (χ1v) is 7.91. The SMILES string of the molecule is CCCCCCc1ccccc1OC(=O)Nc1ccccc1. The van der Waals surface area contributed by atoms with Crippen molar-refractivity contribution in [1.29, 1.82) is 0 Å². The number of amides is 1. The second-order valence-electron chi connectivity index (χ2n) is 5.30. The smallest absolute Gasteiger partial charge is 0.410 e. The lowest BCUT2D eigenvalue weighted by atomic mass is 10.1. The molecule has 22 heavy (non-hydrogen) atoms. The van der Waals surface area contributed by atoms with Crippen molar-refractivity contribution in [3.05, 3.63) is 60.2 Å². The summed E-state index contributed by atoms with van der Waals surface area (Å²) < 4.78 is 5.46. The summed E-state index contributed by atoms with van der Waals surface area (Å²) in [5, 5.41) is 2.73. The number of carbonyl (C=O) groups is 1. The van der Waals surface area contributed by atoms with Gasteiger partial charge >= 0.3 is 6.09 Å². The van der Waals surface area contributed by atoms with E-state index in [2.05, 4.69) is 12.2 Å². The average Bonchev–Trinajstić information content (AvgIpc) is 2.54. The summed E-state index contributed by atoms with van der Waals surface area (Å²) in [5.74, 6) is 0.646. The Morgan fingerprint density at radius 3 is 2.45 bits per heavy atom. The molecule has 0 heterocycles. The van der Waals surface area contributed by atoms with Gasteiger partial charge < -0.3 is 4.74 Å². The van der Waals surface area contributed by atoms with Gasteiger partial charge in [0.1, 0.15) is 5.75 Å². The van der Waals surface area contributed by atoms with Gasteiger partial charge in [0, 0.05) is 5.69 Å². The molecule has 0 saturated heterocycles. The highest BCUT2D eigenvalue weighted by atomic mass is 16.6. The van der Waals surface area contributed by atoms with Crippen LogP contribution in [0.3, 0.4) is 0 Å². The molecule has 0 bridgehead atoms. The van der Waals surface area contributed by atoms with Gasteiger partial charge in [-0.15, -0.1) is 0 Å². The molecule has 0 spiro atoms. The standard InChI is InChI=1S/C19H23NO2/c1-2-3-4-6-11-16-12-9-10-15-18(16)22-19(21)20-17-13-7-5-8-14-17/h5,7-10,12-15H,2-4,6,11H2,1H3,(H,20,21). The molecule has 0 aliphatic carbocycles. The molecule has 0 radical (unpaired) electrons. The highest BCUT2D eigenvalue weighted by Gasteiger charge is 2.08. The summed E-state index contributed by atoms with van der Waals surface area (Å²) in [6, 6.07) is 17.1. The van der Waals surface area contributed by atoms with Crippen LogP contribution in [0.2, 0.25) is 0 Å². The van der Waals surface area contributed by atoms with E-state index in [-0.39, 0.29) is 0 Å². The minimum Gasteiger partial charge on any atom is -0.410 e. The zero-order chi connectivity index (χ0) is 15.6. The highest BCUT2D eigenvalue weighted by molar-refractivity contribution is 5.86. The Balaban J connectivity index is 1.92. The third-order valence-electron chi connectivity index (χ3n) is 3.50. The maximum absolute atomic E-state index is 12.0. The molecule has 0 aliphatic rings. The lowest BCUT2D eigenvalue weighted by Gasteiger charge is -2.11. The Hall–Kier alpha value is -2.29. The van der Waals surface area contributed by atoms with Gasteiger partial charge in [-0.3, -0.25) is 5.32 Å². The first-order valence-electron chi connectivity index (χ1n) is 7.91. The summed E-state index contributed by atoms with van der Waals surface area (Å²) in [6.45, 7) is 2.20. The Kier molecular flexibility index (Phi) is 6.49. The molecule has 2 aromatic rings. The molecule has 3 heteroatoms. The Labute approximate surface area is 132 Å². The number of ether oxygens (including phenoxy) is 1. The van der Waals surface area contributed by atoms with Crippen LogP contribution in [0.25, 0.3) is 0 Å².